The van der Waals surface area contributed by atoms with Crippen LogP contribution in [0.2, 0.25) is 0 Å². The lowest BCUT2D eigenvalue weighted by molar-refractivity contribution is -0.132. The number of aliphatic carboxylic acids is 3. The summed E-state index contributed by atoms with van der Waals surface area (Å²) < 4.78 is 0. The van der Waals surface area contributed by atoms with E-state index in [2.05, 4.69) is 19.7 Å². The van der Waals surface area contributed by atoms with Crippen LogP contribution in [0.4, 0.5) is 0 Å². The van der Waals surface area contributed by atoms with Gasteiger partial charge in [0.05, 0.1) is 0 Å². The summed E-state index contributed by atoms with van der Waals surface area (Å²) in [6.45, 7) is 8.88. The van der Waals surface area contributed by atoms with E-state index in [4.69, 9.17) is 25.5 Å². The molecule has 0 unspecified atom stereocenters. The van der Waals surface area contributed by atoms with Crippen molar-refractivity contribution in [3.8, 4) is 0 Å². The summed E-state index contributed by atoms with van der Waals surface area (Å²) in [6, 6.07) is 0. The Morgan fingerprint density at radius 3 is 0.684 bits per heavy atom. The topological polar surface area (TPSA) is 152 Å². The molecular weight excluding hydrogens is 260 g/mol. The molecule has 8 heteroatoms. The predicted octanol–water partition coefficient (Wildman–Crippen LogP) is -0.0120. The molecule has 0 fully saturated rings. The molecule has 0 aliphatic rings. The van der Waals surface area contributed by atoms with Crippen LogP contribution in [0.15, 0.2) is 38.0 Å². The molecule has 0 rings (SSSR count). The number of hydrogen-bond acceptors (Lipinski definition) is 5. The van der Waals surface area contributed by atoms with Crippen molar-refractivity contribution in [2.24, 2.45) is 0 Å². The van der Waals surface area contributed by atoms with Crippen molar-refractivity contribution >= 4 is 17.9 Å². The molecule has 0 radical (unpaired) electrons. The number of hydrogen-bond donors (Lipinski definition) is 5. The van der Waals surface area contributed by atoms with Crippen LogP contribution in [0.3, 0.4) is 0 Å². The zero-order valence-corrected chi connectivity index (χ0v) is 10.8. The minimum atomic E-state index is -0.981. The van der Waals surface area contributed by atoms with Gasteiger partial charge in [-0.2, -0.15) is 0 Å². The van der Waals surface area contributed by atoms with E-state index in [1.54, 1.807) is 0 Å². The van der Waals surface area contributed by atoms with Gasteiger partial charge in [0.1, 0.15) is 0 Å². The lowest BCUT2D eigenvalue weighted by Gasteiger charge is -1.64. The highest BCUT2D eigenvalue weighted by atomic mass is 16.4. The maximum atomic E-state index is 9.25. The van der Waals surface area contributed by atoms with E-state index >= 15 is 0 Å². The van der Waals surface area contributed by atoms with Gasteiger partial charge in [0.15, 0.2) is 0 Å². The first kappa shape index (κ1) is 30.0. The maximum absolute atomic E-state index is 9.25. The van der Waals surface area contributed by atoms with Crippen LogP contribution in [0.1, 0.15) is 0 Å². The van der Waals surface area contributed by atoms with Gasteiger partial charge in [-0.15, -0.1) is 0 Å². The van der Waals surface area contributed by atoms with Gasteiger partial charge in [-0.1, -0.05) is 19.7 Å². The van der Waals surface area contributed by atoms with E-state index in [1.807, 2.05) is 0 Å². The summed E-state index contributed by atoms with van der Waals surface area (Å²) in [4.78, 5) is 27.8. The Bertz CT molecular complexity index is 215. The molecule has 8 nitrogen and oxygen atoms in total. The summed E-state index contributed by atoms with van der Waals surface area (Å²) >= 11 is 0. The lowest BCUT2D eigenvalue weighted by atomic mass is 10.7. The zero-order valence-electron chi connectivity index (χ0n) is 10.8. The molecule has 0 saturated carbocycles. The van der Waals surface area contributed by atoms with E-state index in [9.17, 15) is 14.4 Å². The predicted molar refractivity (Wildman–Crippen MR) is 69.8 cm³/mol. The smallest absolute Gasteiger partial charge is 0.327 e. The third-order valence-corrected chi connectivity index (χ3v) is 0.524. The van der Waals surface area contributed by atoms with Gasteiger partial charge in [0.2, 0.25) is 0 Å². The first-order valence-electron chi connectivity index (χ1n) is 4.27. The van der Waals surface area contributed by atoms with E-state index in [0.29, 0.717) is 0 Å². The second-order valence-corrected chi connectivity index (χ2v) is 1.63. The van der Waals surface area contributed by atoms with Gasteiger partial charge in [-0.05, 0) is 0 Å². The standard InChI is InChI=1S/3C3H4O2.2CH4O/c3*1-2-3(4)5;2*1-2/h3*2H,1H2,(H,4,5);2*2H,1H3. The molecule has 19 heavy (non-hydrogen) atoms. The highest BCUT2D eigenvalue weighted by Gasteiger charge is 1.74. The second kappa shape index (κ2) is 36.1. The lowest BCUT2D eigenvalue weighted by Crippen LogP contribution is -1.82. The number of aliphatic hydroxyl groups is 2. The molecule has 0 aromatic heterocycles. The largest absolute Gasteiger partial charge is 0.478 e. The number of aliphatic hydroxyl groups excluding tert-OH is 2. The normalized spacial score (nSPS) is 5.68. The molecular formula is C11H20O8. The van der Waals surface area contributed by atoms with Crippen molar-refractivity contribution in [3.63, 3.8) is 0 Å². The van der Waals surface area contributed by atoms with Crippen LogP contribution in [-0.2, 0) is 14.4 Å². The Kier molecular flexibility index (Phi) is 57.0. The number of rotatable bonds is 3. The fraction of sp³-hybridized carbons (Fsp3) is 0.182. The summed E-state index contributed by atoms with van der Waals surface area (Å²) in [6.07, 6.45) is 2.50. The van der Waals surface area contributed by atoms with Crippen LogP contribution < -0.4 is 0 Å². The van der Waals surface area contributed by atoms with Crippen molar-refractivity contribution < 1.29 is 39.9 Å². The van der Waals surface area contributed by atoms with Crippen molar-refractivity contribution in [3.05, 3.63) is 38.0 Å². The van der Waals surface area contributed by atoms with Gasteiger partial charge < -0.3 is 25.5 Å². The highest BCUT2D eigenvalue weighted by molar-refractivity contribution is 5.79. The van der Waals surface area contributed by atoms with E-state index < -0.39 is 17.9 Å². The Morgan fingerprint density at radius 1 is 0.632 bits per heavy atom. The fourth-order valence-electron chi connectivity index (χ4n) is 0. The SMILES string of the molecule is C=CC(=O)O.C=CC(=O)O.C=CC(=O)O.CO.CO. The summed E-state index contributed by atoms with van der Waals surface area (Å²) in [7, 11) is 2.00. The molecule has 0 aromatic rings. The van der Waals surface area contributed by atoms with E-state index in [1.165, 1.54) is 0 Å². The fourth-order valence-corrected chi connectivity index (χ4v) is 0. The average Bonchev–Trinajstić information content (AvgIpc) is 2.44. The van der Waals surface area contributed by atoms with E-state index in [-0.39, 0.29) is 0 Å². The molecule has 0 spiro atoms. The first-order valence-corrected chi connectivity index (χ1v) is 4.27. The van der Waals surface area contributed by atoms with Gasteiger partial charge in [0.25, 0.3) is 0 Å². The van der Waals surface area contributed by atoms with Crippen molar-refractivity contribution in [2.45, 2.75) is 0 Å². The number of carboxylic acids is 3. The average molecular weight is 280 g/mol. The van der Waals surface area contributed by atoms with Crippen molar-refractivity contribution in [1.29, 1.82) is 0 Å². The van der Waals surface area contributed by atoms with Crippen molar-refractivity contribution in [1.82, 2.24) is 0 Å². The molecule has 0 saturated heterocycles. The molecule has 5 N–H and O–H groups in total. The third-order valence-electron chi connectivity index (χ3n) is 0.524. The van der Waals surface area contributed by atoms with Crippen LogP contribution in [0, 0.1) is 0 Å². The van der Waals surface area contributed by atoms with Crippen LogP contribution >= 0.6 is 0 Å². The highest BCUT2D eigenvalue weighted by Crippen LogP contribution is 1.55. The summed E-state index contributed by atoms with van der Waals surface area (Å²) in [5.41, 5.74) is 0. The molecule has 0 aromatic carbocycles. The van der Waals surface area contributed by atoms with Crippen LogP contribution in [0.5, 0.6) is 0 Å². The minimum absolute atomic E-state index is 0.833. The Balaban J connectivity index is -0.0000000455. The third kappa shape index (κ3) is 227. The van der Waals surface area contributed by atoms with Gasteiger partial charge in [-0.3, -0.25) is 0 Å². The molecule has 0 atom stereocenters. The molecule has 0 aliphatic carbocycles. The minimum Gasteiger partial charge on any atom is -0.478 e. The summed E-state index contributed by atoms with van der Waals surface area (Å²) in [5, 5.41) is 36.8. The monoisotopic (exact) mass is 280 g/mol. The molecule has 112 valence electrons. The second-order valence-electron chi connectivity index (χ2n) is 1.63. The summed E-state index contributed by atoms with van der Waals surface area (Å²) in [5.74, 6) is -2.94. The molecule has 0 heterocycles. The molecule has 0 bridgehead atoms. The number of carbonyl (C=O) groups is 3. The van der Waals surface area contributed by atoms with Crippen molar-refractivity contribution in [2.75, 3.05) is 14.2 Å². The van der Waals surface area contributed by atoms with Crippen LogP contribution in [-0.4, -0.2) is 57.7 Å². The molecule has 0 amide bonds. The zero-order chi connectivity index (χ0) is 16.9. The first-order chi connectivity index (χ1) is 8.81. The van der Waals surface area contributed by atoms with Gasteiger partial charge in [-0.25, -0.2) is 14.4 Å². The van der Waals surface area contributed by atoms with Crippen LogP contribution in [0.25, 0.3) is 0 Å². The van der Waals surface area contributed by atoms with E-state index in [0.717, 1.165) is 32.4 Å². The maximum Gasteiger partial charge on any atom is 0.327 e. The van der Waals surface area contributed by atoms with Gasteiger partial charge in [0, 0.05) is 32.4 Å². The quantitative estimate of drug-likeness (QED) is 0.452. The Morgan fingerprint density at radius 2 is 0.684 bits per heavy atom. The Labute approximate surface area is 111 Å². The van der Waals surface area contributed by atoms with Gasteiger partial charge >= 0.3 is 17.9 Å². The Hall–Kier alpha value is -2.45. The number of carboxylic acid groups (broad SMARTS) is 3. The molecule has 0 aliphatic heterocycles.